The molecule has 1 fully saturated rings. The summed E-state index contributed by atoms with van der Waals surface area (Å²) in [7, 11) is 2.02. The maximum absolute atomic E-state index is 9.51. The molecule has 84 valence electrons. The molecule has 3 heteroatoms. The van der Waals surface area contributed by atoms with Gasteiger partial charge in [0, 0.05) is 6.04 Å². The third kappa shape index (κ3) is 4.40. The van der Waals surface area contributed by atoms with Crippen molar-refractivity contribution in [3.8, 4) is 0 Å². The molecule has 1 aliphatic rings. The van der Waals surface area contributed by atoms with Crippen molar-refractivity contribution in [2.45, 2.75) is 57.3 Å². The van der Waals surface area contributed by atoms with Crippen molar-refractivity contribution in [1.29, 1.82) is 0 Å². The molecule has 0 aromatic heterocycles. The molecule has 14 heavy (non-hydrogen) atoms. The highest BCUT2D eigenvalue weighted by Gasteiger charge is 2.22. The molecular formula is C11H23NO2. The molecule has 0 unspecified atom stereocenters. The molecule has 0 amide bonds. The van der Waals surface area contributed by atoms with Gasteiger partial charge in [-0.3, -0.25) is 0 Å². The van der Waals surface area contributed by atoms with Crippen LogP contribution in [0.25, 0.3) is 0 Å². The van der Waals surface area contributed by atoms with Gasteiger partial charge in [-0.25, -0.2) is 0 Å². The van der Waals surface area contributed by atoms with E-state index < -0.39 is 5.60 Å². The topological polar surface area (TPSA) is 41.5 Å². The lowest BCUT2D eigenvalue weighted by Crippen LogP contribution is -2.35. The molecule has 0 atom stereocenters. The summed E-state index contributed by atoms with van der Waals surface area (Å²) in [4.78, 5) is 0. The van der Waals surface area contributed by atoms with E-state index in [2.05, 4.69) is 5.32 Å². The molecule has 2 N–H and O–H groups in total. The fourth-order valence-electron chi connectivity index (χ4n) is 1.84. The smallest absolute Gasteiger partial charge is 0.0824 e. The summed E-state index contributed by atoms with van der Waals surface area (Å²) < 4.78 is 5.66. The summed E-state index contributed by atoms with van der Waals surface area (Å²) in [6.45, 7) is 4.01. The highest BCUT2D eigenvalue weighted by Crippen LogP contribution is 2.21. The van der Waals surface area contributed by atoms with Gasteiger partial charge < -0.3 is 15.2 Å². The van der Waals surface area contributed by atoms with E-state index in [0.29, 0.717) is 18.8 Å². The molecule has 1 aliphatic carbocycles. The highest BCUT2D eigenvalue weighted by molar-refractivity contribution is 4.77. The average Bonchev–Trinajstić information content (AvgIpc) is 2.14. The second-order valence-corrected chi connectivity index (χ2v) is 4.89. The third-order valence-electron chi connectivity index (χ3n) is 2.75. The molecule has 0 aliphatic heterocycles. The summed E-state index contributed by atoms with van der Waals surface area (Å²) in [5, 5.41) is 12.8. The van der Waals surface area contributed by atoms with Crippen LogP contribution >= 0.6 is 0 Å². The Kier molecular flexibility index (Phi) is 4.35. The lowest BCUT2D eigenvalue weighted by molar-refractivity contribution is -0.0641. The lowest BCUT2D eigenvalue weighted by atomic mass is 9.93. The van der Waals surface area contributed by atoms with E-state index in [1.165, 1.54) is 12.8 Å². The largest absolute Gasteiger partial charge is 0.388 e. The van der Waals surface area contributed by atoms with Crippen LogP contribution in [0.4, 0.5) is 0 Å². The molecule has 0 saturated heterocycles. The zero-order valence-corrected chi connectivity index (χ0v) is 9.55. The quantitative estimate of drug-likeness (QED) is 0.720. The maximum Gasteiger partial charge on any atom is 0.0824 e. The Morgan fingerprint density at radius 3 is 2.29 bits per heavy atom. The van der Waals surface area contributed by atoms with Crippen molar-refractivity contribution >= 4 is 0 Å². The second kappa shape index (κ2) is 5.10. The monoisotopic (exact) mass is 201 g/mol. The number of rotatable bonds is 4. The zero-order valence-electron chi connectivity index (χ0n) is 9.55. The Balaban J connectivity index is 2.16. The van der Waals surface area contributed by atoms with Crippen LogP contribution in [0.2, 0.25) is 0 Å². The Labute approximate surface area is 86.8 Å². The van der Waals surface area contributed by atoms with Crippen LogP contribution < -0.4 is 5.32 Å². The molecular weight excluding hydrogens is 178 g/mol. The van der Waals surface area contributed by atoms with Gasteiger partial charge in [-0.1, -0.05) is 0 Å². The Bertz CT molecular complexity index is 157. The Hall–Kier alpha value is -0.120. The first kappa shape index (κ1) is 12.0. The van der Waals surface area contributed by atoms with E-state index in [-0.39, 0.29) is 0 Å². The first-order valence-corrected chi connectivity index (χ1v) is 5.52. The number of hydrogen-bond donors (Lipinski definition) is 2. The molecule has 1 rings (SSSR count). The maximum atomic E-state index is 9.51. The second-order valence-electron chi connectivity index (χ2n) is 4.89. The van der Waals surface area contributed by atoms with Crippen LogP contribution in [0.1, 0.15) is 39.5 Å². The van der Waals surface area contributed by atoms with Crippen molar-refractivity contribution in [3.05, 3.63) is 0 Å². The first-order valence-electron chi connectivity index (χ1n) is 5.52. The Morgan fingerprint density at radius 1 is 1.29 bits per heavy atom. The van der Waals surface area contributed by atoms with Crippen LogP contribution in [0.5, 0.6) is 0 Å². The predicted molar refractivity (Wildman–Crippen MR) is 57.4 cm³/mol. The summed E-state index contributed by atoms with van der Waals surface area (Å²) >= 11 is 0. The van der Waals surface area contributed by atoms with Gasteiger partial charge in [0.25, 0.3) is 0 Å². The van der Waals surface area contributed by atoms with E-state index in [1.807, 2.05) is 7.05 Å². The molecule has 0 heterocycles. The number of nitrogens with one attached hydrogen (secondary N) is 1. The van der Waals surface area contributed by atoms with Gasteiger partial charge in [-0.05, 0) is 46.6 Å². The summed E-state index contributed by atoms with van der Waals surface area (Å²) in [6.07, 6.45) is 4.95. The van der Waals surface area contributed by atoms with Crippen LogP contribution in [0.3, 0.4) is 0 Å². The molecule has 1 saturated carbocycles. The third-order valence-corrected chi connectivity index (χ3v) is 2.75. The van der Waals surface area contributed by atoms with Crippen molar-refractivity contribution in [1.82, 2.24) is 5.32 Å². The lowest BCUT2D eigenvalue weighted by Gasteiger charge is -2.30. The van der Waals surface area contributed by atoms with Gasteiger partial charge in [-0.2, -0.15) is 0 Å². The first-order chi connectivity index (χ1) is 6.51. The highest BCUT2D eigenvalue weighted by atomic mass is 16.5. The minimum atomic E-state index is -0.695. The van der Waals surface area contributed by atoms with Crippen LogP contribution in [-0.4, -0.2) is 36.5 Å². The minimum absolute atomic E-state index is 0.353. The molecule has 0 radical (unpaired) electrons. The van der Waals surface area contributed by atoms with Crippen LogP contribution in [-0.2, 0) is 4.74 Å². The van der Waals surface area contributed by atoms with E-state index in [4.69, 9.17) is 4.74 Å². The number of aliphatic hydroxyl groups is 1. The molecule has 3 nitrogen and oxygen atoms in total. The fraction of sp³-hybridized carbons (Fsp3) is 1.00. The van der Waals surface area contributed by atoms with Gasteiger partial charge in [0.1, 0.15) is 0 Å². The average molecular weight is 201 g/mol. The van der Waals surface area contributed by atoms with E-state index in [1.54, 1.807) is 13.8 Å². The van der Waals surface area contributed by atoms with Crippen molar-refractivity contribution < 1.29 is 9.84 Å². The predicted octanol–water partition coefficient (Wildman–Crippen LogP) is 1.30. The van der Waals surface area contributed by atoms with E-state index in [9.17, 15) is 5.11 Å². The van der Waals surface area contributed by atoms with Crippen LogP contribution in [0.15, 0.2) is 0 Å². The van der Waals surface area contributed by atoms with Gasteiger partial charge >= 0.3 is 0 Å². The molecule has 0 spiro atoms. The van der Waals surface area contributed by atoms with Gasteiger partial charge in [0.15, 0.2) is 0 Å². The number of hydrogen-bond acceptors (Lipinski definition) is 3. The SMILES string of the molecule is CNC1CCC(OCC(C)(C)O)CC1. The van der Waals surface area contributed by atoms with Crippen molar-refractivity contribution in [3.63, 3.8) is 0 Å². The number of ether oxygens (including phenoxy) is 1. The minimum Gasteiger partial charge on any atom is -0.388 e. The van der Waals surface area contributed by atoms with Crippen molar-refractivity contribution in [2.75, 3.05) is 13.7 Å². The van der Waals surface area contributed by atoms with Gasteiger partial charge in [0.05, 0.1) is 18.3 Å². The van der Waals surface area contributed by atoms with E-state index in [0.717, 1.165) is 12.8 Å². The summed E-state index contributed by atoms with van der Waals surface area (Å²) in [6, 6.07) is 0.664. The molecule has 0 aromatic rings. The summed E-state index contributed by atoms with van der Waals surface area (Å²) in [5.74, 6) is 0. The summed E-state index contributed by atoms with van der Waals surface area (Å²) in [5.41, 5.74) is -0.695. The van der Waals surface area contributed by atoms with Gasteiger partial charge in [0.2, 0.25) is 0 Å². The zero-order chi connectivity index (χ0) is 10.6. The Morgan fingerprint density at radius 2 is 1.86 bits per heavy atom. The van der Waals surface area contributed by atoms with Crippen LogP contribution in [0, 0.1) is 0 Å². The van der Waals surface area contributed by atoms with Gasteiger partial charge in [-0.15, -0.1) is 0 Å². The van der Waals surface area contributed by atoms with E-state index >= 15 is 0 Å². The molecule has 0 bridgehead atoms. The fourth-order valence-corrected chi connectivity index (χ4v) is 1.84. The normalized spacial score (nSPS) is 29.1. The van der Waals surface area contributed by atoms with Crippen molar-refractivity contribution in [2.24, 2.45) is 0 Å². The molecule has 0 aromatic carbocycles. The standard InChI is InChI=1S/C11H23NO2/c1-11(2,13)8-14-10-6-4-9(12-3)5-7-10/h9-10,12-13H,4-8H2,1-3H3.